The number of methoxy groups -OCH3 is 1. The number of amides is 1. The van der Waals surface area contributed by atoms with Gasteiger partial charge >= 0.3 is 0 Å². The zero-order chi connectivity index (χ0) is 22.4. The van der Waals surface area contributed by atoms with E-state index in [0.29, 0.717) is 11.7 Å². The molecule has 0 saturated carbocycles. The van der Waals surface area contributed by atoms with Gasteiger partial charge in [0.05, 0.1) is 12.9 Å². The maximum Gasteiger partial charge on any atom is 0.230 e. The molecule has 0 unspecified atom stereocenters. The van der Waals surface area contributed by atoms with Crippen LogP contribution in [0.15, 0.2) is 53.7 Å². The van der Waals surface area contributed by atoms with Crippen molar-refractivity contribution in [3.8, 4) is 22.8 Å². The molecule has 0 aliphatic carbocycles. The zero-order valence-corrected chi connectivity index (χ0v) is 19.6. The predicted octanol–water partition coefficient (Wildman–Crippen LogP) is 4.86. The summed E-state index contributed by atoms with van der Waals surface area (Å²) in [5.74, 6) is 1.80. The van der Waals surface area contributed by atoms with Gasteiger partial charge < -0.3 is 10.1 Å². The van der Waals surface area contributed by atoms with Crippen LogP contribution in [0.3, 0.4) is 0 Å². The molecule has 1 heterocycles. The third kappa shape index (κ3) is 5.67. The number of nitrogens with zero attached hydrogens (tertiary/aromatic N) is 3. The summed E-state index contributed by atoms with van der Waals surface area (Å²) in [7, 11) is 1.65. The lowest BCUT2D eigenvalue weighted by Crippen LogP contribution is -2.25. The highest BCUT2D eigenvalue weighted by Crippen LogP contribution is 2.30. The van der Waals surface area contributed by atoms with Crippen LogP contribution < -0.4 is 10.1 Å². The van der Waals surface area contributed by atoms with Crippen LogP contribution in [0.1, 0.15) is 39.7 Å². The molecule has 0 radical (unpaired) electrons. The predicted molar refractivity (Wildman–Crippen MR) is 126 cm³/mol. The standard InChI is InChI=1S/C24H30N4O2S/c1-6-15-25-21(29)16-31-23-27-26-22(17-7-9-18(10-8-17)24(2,3)4)28(23)19-11-13-20(30-5)14-12-19/h7-14H,6,15-16H2,1-5H3,(H,25,29). The van der Waals surface area contributed by atoms with Gasteiger partial charge in [0.15, 0.2) is 11.0 Å². The Morgan fingerprint density at radius 3 is 2.32 bits per heavy atom. The van der Waals surface area contributed by atoms with Gasteiger partial charge in [0.2, 0.25) is 5.91 Å². The van der Waals surface area contributed by atoms with Gasteiger partial charge in [-0.1, -0.05) is 63.7 Å². The second kappa shape index (κ2) is 10.0. The lowest BCUT2D eigenvalue weighted by atomic mass is 9.87. The fourth-order valence-corrected chi connectivity index (χ4v) is 3.86. The Labute approximate surface area is 188 Å². The summed E-state index contributed by atoms with van der Waals surface area (Å²) < 4.78 is 7.28. The van der Waals surface area contributed by atoms with Crippen LogP contribution in [0.5, 0.6) is 5.75 Å². The third-order valence-electron chi connectivity index (χ3n) is 4.88. The summed E-state index contributed by atoms with van der Waals surface area (Å²) in [5.41, 5.74) is 3.22. The van der Waals surface area contributed by atoms with Crippen molar-refractivity contribution in [1.29, 1.82) is 0 Å². The van der Waals surface area contributed by atoms with Crippen molar-refractivity contribution in [2.75, 3.05) is 19.4 Å². The normalized spacial score (nSPS) is 11.4. The van der Waals surface area contributed by atoms with E-state index in [2.05, 4.69) is 60.6 Å². The molecule has 3 rings (SSSR count). The minimum atomic E-state index is -0.00721. The van der Waals surface area contributed by atoms with Crippen LogP contribution in [-0.4, -0.2) is 40.1 Å². The molecule has 7 heteroatoms. The van der Waals surface area contributed by atoms with Crippen LogP contribution in [0.25, 0.3) is 17.1 Å². The highest BCUT2D eigenvalue weighted by Gasteiger charge is 2.19. The molecule has 0 aliphatic heterocycles. The molecular weight excluding hydrogens is 408 g/mol. The van der Waals surface area contributed by atoms with E-state index in [0.717, 1.165) is 29.2 Å². The fraction of sp³-hybridized carbons (Fsp3) is 0.375. The first kappa shape index (κ1) is 22.9. The first-order valence-electron chi connectivity index (χ1n) is 10.4. The molecule has 1 N–H and O–H groups in total. The molecule has 1 amide bonds. The molecule has 0 atom stereocenters. The average Bonchev–Trinajstić information content (AvgIpc) is 3.19. The van der Waals surface area contributed by atoms with Gasteiger partial charge in [0, 0.05) is 17.8 Å². The quantitative estimate of drug-likeness (QED) is 0.509. The van der Waals surface area contributed by atoms with Crippen LogP contribution in [0, 0.1) is 0 Å². The molecule has 0 spiro atoms. The number of hydrogen-bond donors (Lipinski definition) is 1. The second-order valence-electron chi connectivity index (χ2n) is 8.31. The summed E-state index contributed by atoms with van der Waals surface area (Å²) in [6.07, 6.45) is 0.910. The number of thioether (sulfide) groups is 1. The first-order chi connectivity index (χ1) is 14.8. The van der Waals surface area contributed by atoms with Crippen LogP contribution in [0.2, 0.25) is 0 Å². The van der Waals surface area contributed by atoms with Crippen LogP contribution >= 0.6 is 11.8 Å². The van der Waals surface area contributed by atoms with E-state index in [1.807, 2.05) is 35.8 Å². The molecule has 164 valence electrons. The zero-order valence-electron chi connectivity index (χ0n) is 18.8. The minimum absolute atomic E-state index is 0.00721. The van der Waals surface area contributed by atoms with E-state index in [4.69, 9.17) is 4.74 Å². The summed E-state index contributed by atoms with van der Waals surface area (Å²) in [5, 5.41) is 12.4. The Balaban J connectivity index is 1.96. The number of rotatable bonds is 8. The molecule has 0 fully saturated rings. The van der Waals surface area contributed by atoms with Crippen molar-refractivity contribution < 1.29 is 9.53 Å². The Bertz CT molecular complexity index is 1010. The Kier molecular flexibility index (Phi) is 7.38. The summed E-state index contributed by atoms with van der Waals surface area (Å²) in [4.78, 5) is 12.1. The lowest BCUT2D eigenvalue weighted by molar-refractivity contribution is -0.118. The molecule has 6 nitrogen and oxygen atoms in total. The molecule has 31 heavy (non-hydrogen) atoms. The second-order valence-corrected chi connectivity index (χ2v) is 9.25. The van der Waals surface area contributed by atoms with Crippen molar-refractivity contribution in [1.82, 2.24) is 20.1 Å². The van der Waals surface area contributed by atoms with Crippen molar-refractivity contribution in [2.45, 2.75) is 44.7 Å². The summed E-state index contributed by atoms with van der Waals surface area (Å²) in [6.45, 7) is 9.29. The maximum absolute atomic E-state index is 12.1. The van der Waals surface area contributed by atoms with E-state index in [-0.39, 0.29) is 17.1 Å². The van der Waals surface area contributed by atoms with Gasteiger partial charge in [0.1, 0.15) is 5.75 Å². The van der Waals surface area contributed by atoms with E-state index < -0.39 is 0 Å². The Morgan fingerprint density at radius 1 is 1.06 bits per heavy atom. The average molecular weight is 439 g/mol. The van der Waals surface area contributed by atoms with Crippen LogP contribution in [-0.2, 0) is 10.2 Å². The van der Waals surface area contributed by atoms with Gasteiger partial charge in [0.25, 0.3) is 0 Å². The number of carbonyl (C=O) groups excluding carboxylic acids is 1. The fourth-order valence-electron chi connectivity index (χ4n) is 3.08. The SMILES string of the molecule is CCCNC(=O)CSc1nnc(-c2ccc(C(C)(C)C)cc2)n1-c1ccc(OC)cc1. The number of aromatic nitrogens is 3. The van der Waals surface area contributed by atoms with Crippen molar-refractivity contribution in [3.63, 3.8) is 0 Å². The number of ether oxygens (including phenoxy) is 1. The van der Waals surface area contributed by atoms with E-state index >= 15 is 0 Å². The third-order valence-corrected chi connectivity index (χ3v) is 5.81. The molecule has 0 saturated heterocycles. The molecule has 0 bridgehead atoms. The van der Waals surface area contributed by atoms with E-state index in [1.54, 1.807) is 7.11 Å². The van der Waals surface area contributed by atoms with Gasteiger partial charge in [-0.05, 0) is 41.7 Å². The van der Waals surface area contributed by atoms with E-state index in [1.165, 1.54) is 17.3 Å². The molecule has 3 aromatic rings. The van der Waals surface area contributed by atoms with Crippen molar-refractivity contribution in [2.24, 2.45) is 0 Å². The first-order valence-corrected chi connectivity index (χ1v) is 11.4. The molecule has 2 aromatic carbocycles. The molecule has 1 aromatic heterocycles. The molecule has 0 aliphatic rings. The number of carbonyl (C=O) groups is 1. The van der Waals surface area contributed by atoms with Crippen LogP contribution in [0.4, 0.5) is 0 Å². The summed E-state index contributed by atoms with van der Waals surface area (Å²) in [6, 6.07) is 16.2. The van der Waals surface area contributed by atoms with Crippen molar-refractivity contribution >= 4 is 17.7 Å². The van der Waals surface area contributed by atoms with Gasteiger partial charge in [-0.15, -0.1) is 10.2 Å². The Morgan fingerprint density at radius 2 is 1.74 bits per heavy atom. The summed E-state index contributed by atoms with van der Waals surface area (Å²) >= 11 is 1.38. The topological polar surface area (TPSA) is 69.0 Å². The Hall–Kier alpha value is -2.80. The van der Waals surface area contributed by atoms with Gasteiger partial charge in [-0.2, -0.15) is 0 Å². The lowest BCUT2D eigenvalue weighted by Gasteiger charge is -2.19. The number of benzene rings is 2. The number of nitrogens with one attached hydrogen (secondary N) is 1. The monoisotopic (exact) mass is 438 g/mol. The molecular formula is C24H30N4O2S. The van der Waals surface area contributed by atoms with E-state index in [9.17, 15) is 4.79 Å². The minimum Gasteiger partial charge on any atom is -0.497 e. The largest absolute Gasteiger partial charge is 0.497 e. The van der Waals surface area contributed by atoms with Gasteiger partial charge in [-0.3, -0.25) is 9.36 Å². The van der Waals surface area contributed by atoms with Crippen molar-refractivity contribution in [3.05, 3.63) is 54.1 Å². The highest BCUT2D eigenvalue weighted by molar-refractivity contribution is 7.99. The van der Waals surface area contributed by atoms with Gasteiger partial charge in [-0.25, -0.2) is 0 Å². The highest BCUT2D eigenvalue weighted by atomic mass is 32.2. The smallest absolute Gasteiger partial charge is 0.230 e. The number of hydrogen-bond acceptors (Lipinski definition) is 5. The maximum atomic E-state index is 12.1.